The first-order chi connectivity index (χ1) is 6.42. The molecule has 3 nitrogen and oxygen atoms in total. The van der Waals surface area contributed by atoms with E-state index in [1.165, 1.54) is 0 Å². The summed E-state index contributed by atoms with van der Waals surface area (Å²) < 4.78 is 0. The average Bonchev–Trinajstić information content (AvgIpc) is 2.47. The molecule has 1 saturated heterocycles. The molecule has 2 aliphatic rings. The molecule has 0 radical (unpaired) electrons. The summed E-state index contributed by atoms with van der Waals surface area (Å²) in [6.07, 6.45) is 2.07. The fourth-order valence-electron chi connectivity index (χ4n) is 2.63. The number of fused-ring (bicyclic) bond motifs is 1. The van der Waals surface area contributed by atoms with Crippen LogP contribution in [0.25, 0.3) is 0 Å². The number of hydrogen-bond acceptors (Lipinski definition) is 3. The highest BCUT2D eigenvalue weighted by Crippen LogP contribution is 2.50. The van der Waals surface area contributed by atoms with Gasteiger partial charge < -0.3 is 4.84 Å². The van der Waals surface area contributed by atoms with Crippen molar-refractivity contribution in [1.29, 1.82) is 5.26 Å². The van der Waals surface area contributed by atoms with Crippen LogP contribution < -0.4 is 0 Å². The number of nitriles is 1. The summed E-state index contributed by atoms with van der Waals surface area (Å²) in [4.78, 5) is 5.70. The molecule has 0 bridgehead atoms. The molecule has 0 aromatic carbocycles. The largest absolute Gasteiger partial charge is 0.408 e. The van der Waals surface area contributed by atoms with E-state index in [1.807, 2.05) is 12.0 Å². The predicted octanol–water partition coefficient (Wildman–Crippen LogP) is 2.36. The summed E-state index contributed by atoms with van der Waals surface area (Å²) in [7, 11) is 0. The van der Waals surface area contributed by atoms with E-state index in [2.05, 4.69) is 26.8 Å². The highest BCUT2D eigenvalue weighted by molar-refractivity contribution is 5.39. The first kappa shape index (κ1) is 9.54. The predicted molar refractivity (Wildman–Crippen MR) is 53.0 cm³/mol. The molecule has 76 valence electrons. The Morgan fingerprint density at radius 3 is 2.57 bits per heavy atom. The Morgan fingerprint density at radius 2 is 2.00 bits per heavy atom. The molecule has 1 unspecified atom stereocenters. The number of nitrogens with zero attached hydrogens (tertiary/aromatic N) is 2. The van der Waals surface area contributed by atoms with Gasteiger partial charge in [0.2, 0.25) is 0 Å². The number of hydroxylamine groups is 2. The van der Waals surface area contributed by atoms with Crippen molar-refractivity contribution < 1.29 is 4.84 Å². The minimum absolute atomic E-state index is 0.0363. The van der Waals surface area contributed by atoms with Crippen LogP contribution in [0, 0.1) is 11.3 Å². The van der Waals surface area contributed by atoms with E-state index in [0.29, 0.717) is 0 Å². The molecule has 0 saturated carbocycles. The van der Waals surface area contributed by atoms with Crippen LogP contribution in [0.2, 0.25) is 0 Å². The molecule has 2 heterocycles. The molecule has 0 aromatic rings. The van der Waals surface area contributed by atoms with Crippen LogP contribution in [-0.4, -0.2) is 16.1 Å². The summed E-state index contributed by atoms with van der Waals surface area (Å²) in [6, 6.07) is 2.28. The standard InChI is InChI=1S/C11H16N2O/c1-8-9(7-12)11(4)6-5-10(2,3)13(11)14-8/h5-6H2,1-4H3. The van der Waals surface area contributed by atoms with Gasteiger partial charge >= 0.3 is 0 Å². The number of rotatable bonds is 0. The van der Waals surface area contributed by atoms with Crippen molar-refractivity contribution in [3.05, 3.63) is 11.3 Å². The van der Waals surface area contributed by atoms with Crippen molar-refractivity contribution in [3.63, 3.8) is 0 Å². The smallest absolute Gasteiger partial charge is 0.137 e. The van der Waals surface area contributed by atoms with E-state index in [0.717, 1.165) is 24.2 Å². The maximum Gasteiger partial charge on any atom is 0.137 e. The summed E-state index contributed by atoms with van der Waals surface area (Å²) in [5.41, 5.74) is 0.639. The molecule has 14 heavy (non-hydrogen) atoms. The molecular formula is C11H16N2O. The Bertz CT molecular complexity index is 351. The van der Waals surface area contributed by atoms with Gasteiger partial charge in [-0.1, -0.05) is 0 Å². The van der Waals surface area contributed by atoms with Crippen LogP contribution in [0.4, 0.5) is 0 Å². The van der Waals surface area contributed by atoms with Crippen molar-refractivity contribution >= 4 is 0 Å². The first-order valence-corrected chi connectivity index (χ1v) is 5.01. The van der Waals surface area contributed by atoms with Crippen molar-refractivity contribution in [2.24, 2.45) is 0 Å². The first-order valence-electron chi connectivity index (χ1n) is 5.01. The zero-order valence-electron chi connectivity index (χ0n) is 9.22. The normalized spacial score (nSPS) is 35.4. The minimum Gasteiger partial charge on any atom is -0.408 e. The highest BCUT2D eigenvalue weighted by atomic mass is 16.7. The van der Waals surface area contributed by atoms with Crippen LogP contribution in [0.15, 0.2) is 11.3 Å². The molecular weight excluding hydrogens is 176 g/mol. The van der Waals surface area contributed by atoms with Gasteiger partial charge in [0.15, 0.2) is 0 Å². The Balaban J connectivity index is 2.45. The maximum absolute atomic E-state index is 9.10. The van der Waals surface area contributed by atoms with Crippen LogP contribution in [-0.2, 0) is 4.84 Å². The summed E-state index contributed by atoms with van der Waals surface area (Å²) >= 11 is 0. The van der Waals surface area contributed by atoms with E-state index in [1.54, 1.807) is 0 Å². The number of hydrogen-bond donors (Lipinski definition) is 0. The monoisotopic (exact) mass is 192 g/mol. The van der Waals surface area contributed by atoms with Gasteiger partial charge in [0.1, 0.15) is 11.8 Å². The Hall–Kier alpha value is -1.01. The van der Waals surface area contributed by atoms with E-state index in [9.17, 15) is 0 Å². The van der Waals surface area contributed by atoms with Crippen molar-refractivity contribution in [1.82, 2.24) is 5.06 Å². The van der Waals surface area contributed by atoms with E-state index < -0.39 is 0 Å². The molecule has 0 aliphatic carbocycles. The average molecular weight is 192 g/mol. The number of allylic oxidation sites excluding steroid dienone is 1. The maximum atomic E-state index is 9.10. The fourth-order valence-corrected chi connectivity index (χ4v) is 2.63. The quantitative estimate of drug-likeness (QED) is 0.591. The summed E-state index contributed by atoms with van der Waals surface area (Å²) in [6.45, 7) is 8.28. The third-order valence-corrected chi connectivity index (χ3v) is 3.45. The molecule has 0 spiro atoms. The molecule has 0 aromatic heterocycles. The Labute approximate surface area is 84.9 Å². The second-order valence-electron chi connectivity index (χ2n) is 5.01. The van der Waals surface area contributed by atoms with Gasteiger partial charge in [-0.25, -0.2) is 0 Å². The SMILES string of the molecule is CC1=C(C#N)C2(C)CCC(C)(C)N2O1. The van der Waals surface area contributed by atoms with Crippen molar-refractivity contribution in [2.45, 2.75) is 51.6 Å². The lowest BCUT2D eigenvalue weighted by Crippen LogP contribution is -2.46. The van der Waals surface area contributed by atoms with Gasteiger partial charge in [0.25, 0.3) is 0 Å². The fraction of sp³-hybridized carbons (Fsp3) is 0.727. The van der Waals surface area contributed by atoms with Gasteiger partial charge in [-0.15, -0.1) is 5.06 Å². The second-order valence-corrected chi connectivity index (χ2v) is 5.01. The van der Waals surface area contributed by atoms with Crippen molar-refractivity contribution in [3.8, 4) is 6.07 Å². The van der Waals surface area contributed by atoms with Gasteiger partial charge in [-0.05, 0) is 40.5 Å². The van der Waals surface area contributed by atoms with Gasteiger partial charge in [0, 0.05) is 0 Å². The molecule has 1 atom stereocenters. The molecule has 3 heteroatoms. The van der Waals surface area contributed by atoms with Gasteiger partial charge in [-0.2, -0.15) is 5.26 Å². The topological polar surface area (TPSA) is 36.3 Å². The van der Waals surface area contributed by atoms with Crippen LogP contribution in [0.3, 0.4) is 0 Å². The zero-order chi connectivity index (χ0) is 10.6. The van der Waals surface area contributed by atoms with E-state index in [4.69, 9.17) is 10.1 Å². The van der Waals surface area contributed by atoms with Crippen LogP contribution in [0.1, 0.15) is 40.5 Å². The van der Waals surface area contributed by atoms with Gasteiger partial charge in [-0.3, -0.25) is 0 Å². The second kappa shape index (κ2) is 2.52. The molecule has 0 amide bonds. The lowest BCUT2D eigenvalue weighted by Gasteiger charge is -2.34. The zero-order valence-corrected chi connectivity index (χ0v) is 9.22. The third kappa shape index (κ3) is 0.949. The lowest BCUT2D eigenvalue weighted by atomic mass is 9.91. The summed E-state index contributed by atoms with van der Waals surface area (Å²) in [5.74, 6) is 0.766. The van der Waals surface area contributed by atoms with Gasteiger partial charge in [0.05, 0.1) is 16.7 Å². The Kier molecular flexibility index (Phi) is 1.71. The molecule has 2 rings (SSSR count). The highest BCUT2D eigenvalue weighted by Gasteiger charge is 2.56. The lowest BCUT2D eigenvalue weighted by molar-refractivity contribution is -0.181. The van der Waals surface area contributed by atoms with E-state index >= 15 is 0 Å². The molecule has 0 N–H and O–H groups in total. The summed E-state index contributed by atoms with van der Waals surface area (Å²) in [5, 5.41) is 11.1. The molecule has 1 fully saturated rings. The molecule has 2 aliphatic heterocycles. The Morgan fingerprint density at radius 1 is 1.36 bits per heavy atom. The van der Waals surface area contributed by atoms with Crippen LogP contribution >= 0.6 is 0 Å². The third-order valence-electron chi connectivity index (χ3n) is 3.45. The van der Waals surface area contributed by atoms with E-state index in [-0.39, 0.29) is 11.1 Å². The van der Waals surface area contributed by atoms with Crippen molar-refractivity contribution in [2.75, 3.05) is 0 Å². The minimum atomic E-state index is -0.192. The van der Waals surface area contributed by atoms with Crippen LogP contribution in [0.5, 0.6) is 0 Å².